The molecule has 3 aromatic rings. The molecule has 1 aliphatic heterocycles. The smallest absolute Gasteiger partial charge is 0.191 e. The van der Waals surface area contributed by atoms with Crippen molar-refractivity contribution < 1.29 is 18.3 Å². The molecular weight excluding hydrogens is 422 g/mol. The monoisotopic (exact) mass is 446 g/mol. The van der Waals surface area contributed by atoms with E-state index in [0.717, 1.165) is 43.6 Å². The van der Waals surface area contributed by atoms with Gasteiger partial charge in [0.25, 0.3) is 0 Å². The van der Waals surface area contributed by atoms with Gasteiger partial charge in [0.1, 0.15) is 5.82 Å². The highest BCUT2D eigenvalue weighted by molar-refractivity contribution is 7.99. The molecule has 164 valence electrons. The predicted molar refractivity (Wildman–Crippen MR) is 115 cm³/mol. The second-order valence-corrected chi connectivity index (χ2v) is 8.11. The Kier molecular flexibility index (Phi) is 7.50. The van der Waals surface area contributed by atoms with E-state index < -0.39 is 0 Å². The van der Waals surface area contributed by atoms with Gasteiger partial charge in [0, 0.05) is 37.5 Å². The summed E-state index contributed by atoms with van der Waals surface area (Å²) in [5.74, 6) is 0.866. The van der Waals surface area contributed by atoms with Crippen LogP contribution in [0.5, 0.6) is 5.75 Å². The highest BCUT2D eigenvalue weighted by Gasteiger charge is 2.17. The fourth-order valence-corrected chi connectivity index (χ4v) is 4.10. The summed E-state index contributed by atoms with van der Waals surface area (Å²) in [6, 6.07) is 12.6. The molecule has 1 fully saturated rings. The van der Waals surface area contributed by atoms with Crippen LogP contribution in [0, 0.1) is 11.6 Å². The molecule has 2 aromatic carbocycles. The fraction of sp³-hybridized carbons (Fsp3) is 0.364. The summed E-state index contributed by atoms with van der Waals surface area (Å²) >= 11 is 1.50. The van der Waals surface area contributed by atoms with Crippen molar-refractivity contribution in [3.05, 3.63) is 60.2 Å². The summed E-state index contributed by atoms with van der Waals surface area (Å²) in [7, 11) is 0. The zero-order valence-corrected chi connectivity index (χ0v) is 17.9. The molecule has 31 heavy (non-hydrogen) atoms. The third-order valence-electron chi connectivity index (χ3n) is 4.97. The third-order valence-corrected chi connectivity index (χ3v) is 5.90. The van der Waals surface area contributed by atoms with Gasteiger partial charge in [0.2, 0.25) is 0 Å². The van der Waals surface area contributed by atoms with Gasteiger partial charge in [-0.2, -0.15) is 0 Å². The van der Waals surface area contributed by atoms with E-state index in [9.17, 15) is 8.78 Å². The van der Waals surface area contributed by atoms with Crippen molar-refractivity contribution in [1.82, 2.24) is 19.7 Å². The number of para-hydroxylation sites is 1. The second kappa shape index (κ2) is 10.7. The minimum Gasteiger partial charge on any atom is -0.490 e. The minimum atomic E-state index is -0.375. The van der Waals surface area contributed by atoms with Gasteiger partial charge >= 0.3 is 0 Å². The van der Waals surface area contributed by atoms with Gasteiger partial charge in [0.15, 0.2) is 22.5 Å². The van der Waals surface area contributed by atoms with Gasteiger partial charge in [-0.3, -0.25) is 4.90 Å². The number of benzene rings is 2. The number of hydrogen-bond donors (Lipinski definition) is 0. The average molecular weight is 447 g/mol. The highest BCUT2D eigenvalue weighted by atomic mass is 32.2. The van der Waals surface area contributed by atoms with E-state index in [1.54, 1.807) is 30.3 Å². The van der Waals surface area contributed by atoms with Crippen LogP contribution >= 0.6 is 11.8 Å². The van der Waals surface area contributed by atoms with Gasteiger partial charge in [-0.05, 0) is 36.4 Å². The number of nitrogens with zero attached hydrogens (tertiary/aromatic N) is 4. The van der Waals surface area contributed by atoms with Gasteiger partial charge in [0.05, 0.1) is 19.8 Å². The molecule has 0 saturated carbocycles. The Morgan fingerprint density at radius 2 is 1.74 bits per heavy atom. The standard InChI is InChI=1S/C22H24F2N4O2S/c23-18-7-5-17(6-8-18)21-25-26-22(28(21)10-9-27-11-13-29-14-12-27)31-16-15-30-20-4-2-1-3-19(20)24/h1-8H,9-16H2. The number of morpholine rings is 1. The second-order valence-electron chi connectivity index (χ2n) is 7.05. The van der Waals surface area contributed by atoms with Crippen molar-refractivity contribution in [2.75, 3.05) is 45.2 Å². The average Bonchev–Trinajstić information content (AvgIpc) is 3.20. The van der Waals surface area contributed by atoms with Crippen molar-refractivity contribution >= 4 is 11.8 Å². The van der Waals surface area contributed by atoms with E-state index in [1.165, 1.54) is 30.0 Å². The summed E-state index contributed by atoms with van der Waals surface area (Å²) in [5.41, 5.74) is 0.810. The molecule has 2 heterocycles. The van der Waals surface area contributed by atoms with Crippen molar-refractivity contribution in [2.45, 2.75) is 11.7 Å². The van der Waals surface area contributed by atoms with Crippen molar-refractivity contribution in [2.24, 2.45) is 0 Å². The number of hydrogen-bond acceptors (Lipinski definition) is 6. The Morgan fingerprint density at radius 3 is 2.52 bits per heavy atom. The SMILES string of the molecule is Fc1ccc(-c2nnc(SCCOc3ccccc3F)n2CCN2CCOCC2)cc1. The van der Waals surface area contributed by atoms with Crippen LogP contribution in [0.3, 0.4) is 0 Å². The normalized spacial score (nSPS) is 14.6. The molecule has 1 aromatic heterocycles. The number of aromatic nitrogens is 3. The van der Waals surface area contributed by atoms with Crippen LogP contribution in [0.25, 0.3) is 11.4 Å². The van der Waals surface area contributed by atoms with Crippen LogP contribution in [0.4, 0.5) is 8.78 Å². The lowest BCUT2D eigenvalue weighted by atomic mass is 10.2. The molecular formula is C22H24F2N4O2S. The molecule has 0 aliphatic carbocycles. The molecule has 0 bridgehead atoms. The molecule has 0 atom stereocenters. The van der Waals surface area contributed by atoms with E-state index in [-0.39, 0.29) is 17.4 Å². The molecule has 0 N–H and O–H groups in total. The Labute approximate surface area is 184 Å². The third kappa shape index (κ3) is 5.81. The van der Waals surface area contributed by atoms with Gasteiger partial charge in [-0.15, -0.1) is 10.2 Å². The molecule has 0 spiro atoms. The fourth-order valence-electron chi connectivity index (χ4n) is 3.32. The lowest BCUT2D eigenvalue weighted by Gasteiger charge is -2.27. The molecule has 6 nitrogen and oxygen atoms in total. The Hall–Kier alpha value is -2.49. The summed E-state index contributed by atoms with van der Waals surface area (Å²) in [5, 5.41) is 9.46. The number of halogens is 2. The van der Waals surface area contributed by atoms with Crippen LogP contribution in [0.2, 0.25) is 0 Å². The van der Waals surface area contributed by atoms with Gasteiger partial charge in [-0.1, -0.05) is 23.9 Å². The summed E-state index contributed by atoms with van der Waals surface area (Å²) in [4.78, 5) is 2.34. The van der Waals surface area contributed by atoms with Gasteiger partial charge < -0.3 is 14.0 Å². The molecule has 0 unspecified atom stereocenters. The maximum Gasteiger partial charge on any atom is 0.191 e. The molecule has 0 radical (unpaired) electrons. The van der Waals surface area contributed by atoms with Crippen molar-refractivity contribution in [3.63, 3.8) is 0 Å². The maximum atomic E-state index is 13.7. The van der Waals surface area contributed by atoms with E-state index >= 15 is 0 Å². The van der Waals surface area contributed by atoms with Crippen molar-refractivity contribution in [1.29, 1.82) is 0 Å². The number of rotatable bonds is 9. The summed E-state index contributed by atoms with van der Waals surface area (Å²) in [6.45, 7) is 5.16. The van der Waals surface area contributed by atoms with E-state index in [2.05, 4.69) is 19.7 Å². The zero-order chi connectivity index (χ0) is 21.5. The lowest BCUT2D eigenvalue weighted by Crippen LogP contribution is -2.38. The topological polar surface area (TPSA) is 52.4 Å². The maximum absolute atomic E-state index is 13.7. The van der Waals surface area contributed by atoms with Crippen molar-refractivity contribution in [3.8, 4) is 17.1 Å². The molecule has 1 saturated heterocycles. The Bertz CT molecular complexity index is 978. The Balaban J connectivity index is 1.43. The summed E-state index contributed by atoms with van der Waals surface area (Å²) in [6.07, 6.45) is 0. The lowest BCUT2D eigenvalue weighted by molar-refractivity contribution is 0.0361. The van der Waals surface area contributed by atoms with Crippen LogP contribution in [-0.2, 0) is 11.3 Å². The first kappa shape index (κ1) is 21.7. The van der Waals surface area contributed by atoms with E-state index in [1.807, 2.05) is 0 Å². The zero-order valence-electron chi connectivity index (χ0n) is 17.0. The molecule has 4 rings (SSSR count). The Morgan fingerprint density at radius 1 is 0.968 bits per heavy atom. The number of thioether (sulfide) groups is 1. The predicted octanol–water partition coefficient (Wildman–Crippen LogP) is 3.73. The minimum absolute atomic E-state index is 0.240. The molecule has 1 aliphatic rings. The van der Waals surface area contributed by atoms with Crippen LogP contribution in [-0.4, -0.2) is 64.9 Å². The van der Waals surface area contributed by atoms with Crippen LogP contribution in [0.1, 0.15) is 0 Å². The van der Waals surface area contributed by atoms with E-state index in [4.69, 9.17) is 9.47 Å². The largest absolute Gasteiger partial charge is 0.490 e. The first-order valence-corrected chi connectivity index (χ1v) is 11.2. The van der Waals surface area contributed by atoms with Crippen LogP contribution in [0.15, 0.2) is 53.7 Å². The highest BCUT2D eigenvalue weighted by Crippen LogP contribution is 2.25. The molecule has 0 amide bonds. The molecule has 9 heteroatoms. The van der Waals surface area contributed by atoms with E-state index in [0.29, 0.717) is 24.7 Å². The first-order chi connectivity index (χ1) is 15.2. The number of ether oxygens (including phenoxy) is 2. The van der Waals surface area contributed by atoms with Gasteiger partial charge in [-0.25, -0.2) is 8.78 Å². The first-order valence-electron chi connectivity index (χ1n) is 10.2. The van der Waals surface area contributed by atoms with Crippen LogP contribution < -0.4 is 4.74 Å². The summed E-state index contributed by atoms with van der Waals surface area (Å²) < 4.78 is 40.1. The quantitative estimate of drug-likeness (QED) is 0.369.